The zero-order valence-electron chi connectivity index (χ0n) is 11.7. The highest BCUT2D eigenvalue weighted by Gasteiger charge is 2.51. The summed E-state index contributed by atoms with van der Waals surface area (Å²) in [5, 5.41) is 2.86. The standard InChI is InChI=1S/C15H16BrFN2O2/c1-15(9-2-3-9)14(21)19(7-6-13(20)18-15)12-8-10(17)4-5-11(12)16/h4-5,8-9H,2-3,6-7H2,1H3,(H,18,20). The van der Waals surface area contributed by atoms with Gasteiger partial charge in [0.25, 0.3) is 5.91 Å². The van der Waals surface area contributed by atoms with Gasteiger partial charge in [-0.2, -0.15) is 0 Å². The van der Waals surface area contributed by atoms with Crippen molar-refractivity contribution in [3.63, 3.8) is 0 Å². The number of benzene rings is 1. The minimum Gasteiger partial charge on any atom is -0.342 e. The van der Waals surface area contributed by atoms with E-state index in [-0.39, 0.29) is 30.7 Å². The summed E-state index contributed by atoms with van der Waals surface area (Å²) in [6.07, 6.45) is 2.08. The molecule has 1 aromatic carbocycles. The van der Waals surface area contributed by atoms with Crippen molar-refractivity contribution in [1.29, 1.82) is 0 Å². The smallest absolute Gasteiger partial charge is 0.252 e. The summed E-state index contributed by atoms with van der Waals surface area (Å²) in [6, 6.07) is 4.23. The number of hydrogen-bond donors (Lipinski definition) is 1. The molecule has 0 radical (unpaired) electrons. The quantitative estimate of drug-likeness (QED) is 0.887. The van der Waals surface area contributed by atoms with E-state index in [0.717, 1.165) is 12.8 Å². The maximum absolute atomic E-state index is 13.5. The first-order valence-electron chi connectivity index (χ1n) is 7.00. The molecule has 1 N–H and O–H groups in total. The van der Waals surface area contributed by atoms with Gasteiger partial charge in [-0.1, -0.05) is 0 Å². The third kappa shape index (κ3) is 2.57. The van der Waals surface area contributed by atoms with Gasteiger partial charge in [-0.25, -0.2) is 4.39 Å². The largest absolute Gasteiger partial charge is 0.342 e. The number of nitrogens with one attached hydrogen (secondary N) is 1. The van der Waals surface area contributed by atoms with Crippen LogP contribution in [0.3, 0.4) is 0 Å². The Hall–Kier alpha value is -1.43. The minimum absolute atomic E-state index is 0.132. The molecule has 0 bridgehead atoms. The Kier molecular flexibility index (Phi) is 3.51. The monoisotopic (exact) mass is 354 g/mol. The lowest BCUT2D eigenvalue weighted by Crippen LogP contribution is -2.57. The fraction of sp³-hybridized carbons (Fsp3) is 0.467. The van der Waals surface area contributed by atoms with Crippen molar-refractivity contribution in [2.45, 2.75) is 31.7 Å². The molecular weight excluding hydrogens is 339 g/mol. The summed E-state index contributed by atoms with van der Waals surface area (Å²) < 4.78 is 14.2. The Morgan fingerprint density at radius 1 is 1.38 bits per heavy atom. The average Bonchev–Trinajstić information content (AvgIpc) is 3.26. The molecule has 3 rings (SSSR count). The predicted molar refractivity (Wildman–Crippen MR) is 80.3 cm³/mol. The molecule has 1 saturated heterocycles. The Labute approximate surface area is 130 Å². The molecule has 1 unspecified atom stereocenters. The van der Waals surface area contributed by atoms with Gasteiger partial charge >= 0.3 is 0 Å². The highest BCUT2D eigenvalue weighted by molar-refractivity contribution is 9.10. The molecule has 6 heteroatoms. The number of rotatable bonds is 2. The number of halogens is 2. The van der Waals surface area contributed by atoms with E-state index in [2.05, 4.69) is 21.2 Å². The average molecular weight is 355 g/mol. The molecule has 1 saturated carbocycles. The molecule has 0 aromatic heterocycles. The normalized spacial score (nSPS) is 26.5. The van der Waals surface area contributed by atoms with E-state index in [4.69, 9.17) is 0 Å². The second kappa shape index (κ2) is 5.09. The number of hydrogen-bond acceptors (Lipinski definition) is 2. The van der Waals surface area contributed by atoms with Gasteiger partial charge in [-0.05, 0) is 59.8 Å². The van der Waals surface area contributed by atoms with Crippen LogP contribution in [0, 0.1) is 11.7 Å². The number of amides is 2. The number of carbonyl (C=O) groups excluding carboxylic acids is 2. The van der Waals surface area contributed by atoms with Crippen LogP contribution in [0.15, 0.2) is 22.7 Å². The van der Waals surface area contributed by atoms with Crippen LogP contribution in [-0.4, -0.2) is 23.9 Å². The molecule has 1 heterocycles. The van der Waals surface area contributed by atoms with Crippen molar-refractivity contribution in [3.8, 4) is 0 Å². The van der Waals surface area contributed by atoms with Crippen LogP contribution in [-0.2, 0) is 9.59 Å². The van der Waals surface area contributed by atoms with Crippen LogP contribution < -0.4 is 10.2 Å². The SMILES string of the molecule is CC1(C2CC2)NC(=O)CCN(c2cc(F)ccc2Br)C1=O. The van der Waals surface area contributed by atoms with Crippen molar-refractivity contribution in [1.82, 2.24) is 5.32 Å². The number of nitrogens with zero attached hydrogens (tertiary/aromatic N) is 1. The van der Waals surface area contributed by atoms with E-state index in [1.807, 2.05) is 0 Å². The predicted octanol–water partition coefficient (Wildman–Crippen LogP) is 2.61. The molecule has 2 fully saturated rings. The third-order valence-electron chi connectivity index (χ3n) is 4.24. The van der Waals surface area contributed by atoms with Crippen LogP contribution in [0.1, 0.15) is 26.2 Å². The molecule has 2 aliphatic rings. The van der Waals surface area contributed by atoms with Gasteiger partial charge in [0, 0.05) is 17.4 Å². The second-order valence-corrected chi connectivity index (χ2v) is 6.68. The molecule has 4 nitrogen and oxygen atoms in total. The van der Waals surface area contributed by atoms with E-state index in [9.17, 15) is 14.0 Å². The van der Waals surface area contributed by atoms with Gasteiger partial charge in [0.1, 0.15) is 11.4 Å². The highest BCUT2D eigenvalue weighted by Crippen LogP contribution is 2.42. The topological polar surface area (TPSA) is 49.4 Å². The number of carbonyl (C=O) groups is 2. The molecule has 112 valence electrons. The van der Waals surface area contributed by atoms with Crippen molar-refractivity contribution < 1.29 is 14.0 Å². The molecule has 1 aromatic rings. The van der Waals surface area contributed by atoms with E-state index in [1.54, 1.807) is 13.0 Å². The summed E-state index contributed by atoms with van der Waals surface area (Å²) in [7, 11) is 0. The zero-order valence-corrected chi connectivity index (χ0v) is 13.2. The maximum atomic E-state index is 13.5. The lowest BCUT2D eigenvalue weighted by Gasteiger charge is -2.32. The van der Waals surface area contributed by atoms with Crippen molar-refractivity contribution >= 4 is 33.4 Å². The van der Waals surface area contributed by atoms with Gasteiger partial charge in [0.2, 0.25) is 5.91 Å². The van der Waals surface area contributed by atoms with Gasteiger partial charge in [0.15, 0.2) is 0 Å². The van der Waals surface area contributed by atoms with Gasteiger partial charge < -0.3 is 10.2 Å². The Balaban J connectivity index is 2.02. The van der Waals surface area contributed by atoms with Crippen molar-refractivity contribution in [3.05, 3.63) is 28.5 Å². The molecule has 1 atom stereocenters. The van der Waals surface area contributed by atoms with Gasteiger partial charge in [-0.15, -0.1) is 0 Å². The van der Waals surface area contributed by atoms with Crippen LogP contribution in [0.2, 0.25) is 0 Å². The first-order valence-corrected chi connectivity index (χ1v) is 7.79. The van der Waals surface area contributed by atoms with Crippen LogP contribution in [0.25, 0.3) is 0 Å². The Bertz CT molecular complexity index is 618. The molecule has 21 heavy (non-hydrogen) atoms. The highest BCUT2D eigenvalue weighted by atomic mass is 79.9. The first kappa shape index (κ1) is 14.5. The van der Waals surface area contributed by atoms with E-state index < -0.39 is 11.4 Å². The van der Waals surface area contributed by atoms with E-state index in [0.29, 0.717) is 10.2 Å². The third-order valence-corrected chi connectivity index (χ3v) is 4.91. The van der Waals surface area contributed by atoms with Gasteiger partial charge in [0.05, 0.1) is 5.69 Å². The summed E-state index contributed by atoms with van der Waals surface area (Å²) >= 11 is 3.36. The van der Waals surface area contributed by atoms with Gasteiger partial charge in [-0.3, -0.25) is 9.59 Å². The van der Waals surface area contributed by atoms with Crippen molar-refractivity contribution in [2.24, 2.45) is 5.92 Å². The molecular formula is C15H16BrFN2O2. The van der Waals surface area contributed by atoms with Crippen LogP contribution in [0.5, 0.6) is 0 Å². The Morgan fingerprint density at radius 3 is 2.76 bits per heavy atom. The summed E-state index contributed by atoms with van der Waals surface area (Å²) in [4.78, 5) is 26.4. The number of anilines is 1. The van der Waals surface area contributed by atoms with E-state index in [1.165, 1.54) is 17.0 Å². The summed E-state index contributed by atoms with van der Waals surface area (Å²) in [5.41, 5.74) is -0.414. The first-order chi connectivity index (χ1) is 9.91. The summed E-state index contributed by atoms with van der Waals surface area (Å²) in [6.45, 7) is 2.03. The van der Waals surface area contributed by atoms with E-state index >= 15 is 0 Å². The summed E-state index contributed by atoms with van der Waals surface area (Å²) in [5.74, 6) is -0.533. The van der Waals surface area contributed by atoms with Crippen molar-refractivity contribution in [2.75, 3.05) is 11.4 Å². The van der Waals surface area contributed by atoms with Crippen LogP contribution >= 0.6 is 15.9 Å². The second-order valence-electron chi connectivity index (χ2n) is 5.83. The molecule has 0 spiro atoms. The Morgan fingerprint density at radius 2 is 2.10 bits per heavy atom. The fourth-order valence-corrected chi connectivity index (χ4v) is 3.32. The lowest BCUT2D eigenvalue weighted by atomic mass is 9.94. The molecule has 1 aliphatic heterocycles. The maximum Gasteiger partial charge on any atom is 0.252 e. The minimum atomic E-state index is -0.890. The molecule has 2 amide bonds. The lowest BCUT2D eigenvalue weighted by molar-refractivity contribution is -0.130. The van der Waals surface area contributed by atoms with Crippen LogP contribution in [0.4, 0.5) is 10.1 Å². The fourth-order valence-electron chi connectivity index (χ4n) is 2.86. The molecule has 1 aliphatic carbocycles. The zero-order chi connectivity index (χ0) is 15.2.